The van der Waals surface area contributed by atoms with Crippen molar-refractivity contribution in [3.05, 3.63) is 23.8 Å². The SMILES string of the molecule is Nc1ccc(OCCCCCCO)c(C(=O)O)c1. The van der Waals surface area contributed by atoms with Crippen LogP contribution in [0.1, 0.15) is 36.0 Å². The number of rotatable bonds is 8. The van der Waals surface area contributed by atoms with E-state index in [2.05, 4.69) is 0 Å². The normalized spacial score (nSPS) is 10.3. The number of nitrogen functional groups attached to an aromatic ring is 1. The molecule has 0 amide bonds. The van der Waals surface area contributed by atoms with Crippen LogP contribution in [0.25, 0.3) is 0 Å². The number of carboxylic acid groups (broad SMARTS) is 1. The molecule has 0 saturated heterocycles. The summed E-state index contributed by atoms with van der Waals surface area (Å²) in [6, 6.07) is 4.59. The van der Waals surface area contributed by atoms with Gasteiger partial charge in [-0.15, -0.1) is 0 Å². The highest BCUT2D eigenvalue weighted by molar-refractivity contribution is 5.92. The van der Waals surface area contributed by atoms with E-state index >= 15 is 0 Å². The maximum absolute atomic E-state index is 11.0. The van der Waals surface area contributed by atoms with Gasteiger partial charge in [0, 0.05) is 12.3 Å². The molecule has 1 rings (SSSR count). The molecule has 0 aliphatic rings. The molecule has 18 heavy (non-hydrogen) atoms. The van der Waals surface area contributed by atoms with E-state index in [-0.39, 0.29) is 12.2 Å². The maximum Gasteiger partial charge on any atom is 0.339 e. The fourth-order valence-corrected chi connectivity index (χ4v) is 1.59. The van der Waals surface area contributed by atoms with Crippen LogP contribution in [-0.4, -0.2) is 29.4 Å². The van der Waals surface area contributed by atoms with Crippen molar-refractivity contribution in [2.75, 3.05) is 18.9 Å². The molecule has 0 aromatic heterocycles. The number of aliphatic hydroxyl groups is 1. The lowest BCUT2D eigenvalue weighted by Gasteiger charge is -2.09. The van der Waals surface area contributed by atoms with Crippen LogP contribution in [0.5, 0.6) is 5.75 Å². The molecule has 0 saturated carbocycles. The summed E-state index contributed by atoms with van der Waals surface area (Å²) in [7, 11) is 0. The number of hydrogen-bond acceptors (Lipinski definition) is 4. The van der Waals surface area contributed by atoms with E-state index in [4.69, 9.17) is 20.7 Å². The molecule has 0 spiro atoms. The highest BCUT2D eigenvalue weighted by Gasteiger charge is 2.11. The number of carboxylic acids is 1. The Kier molecular flexibility index (Phi) is 6.00. The van der Waals surface area contributed by atoms with Crippen LogP contribution in [0, 0.1) is 0 Å². The van der Waals surface area contributed by atoms with Gasteiger partial charge >= 0.3 is 5.97 Å². The van der Waals surface area contributed by atoms with E-state index < -0.39 is 5.97 Å². The zero-order chi connectivity index (χ0) is 13.4. The Morgan fingerprint density at radius 1 is 1.22 bits per heavy atom. The first-order valence-electron chi connectivity index (χ1n) is 6.01. The molecule has 0 aliphatic carbocycles. The second-order valence-corrected chi connectivity index (χ2v) is 4.05. The molecule has 0 aliphatic heterocycles. The van der Waals surface area contributed by atoms with Crippen molar-refractivity contribution in [2.24, 2.45) is 0 Å². The number of benzene rings is 1. The monoisotopic (exact) mass is 253 g/mol. The van der Waals surface area contributed by atoms with E-state index in [1.807, 2.05) is 0 Å². The Labute approximate surface area is 106 Å². The fraction of sp³-hybridized carbons (Fsp3) is 0.462. The minimum absolute atomic E-state index is 0.0883. The average molecular weight is 253 g/mol. The van der Waals surface area contributed by atoms with Gasteiger partial charge in [-0.3, -0.25) is 0 Å². The number of unbranched alkanes of at least 4 members (excludes halogenated alkanes) is 3. The number of aliphatic hydroxyl groups excluding tert-OH is 1. The summed E-state index contributed by atoms with van der Waals surface area (Å²) in [6.45, 7) is 0.678. The lowest BCUT2D eigenvalue weighted by Crippen LogP contribution is -2.05. The van der Waals surface area contributed by atoms with Gasteiger partial charge in [0.2, 0.25) is 0 Å². The van der Waals surface area contributed by atoms with Crippen molar-refractivity contribution < 1.29 is 19.7 Å². The number of aromatic carboxylic acids is 1. The van der Waals surface area contributed by atoms with Gasteiger partial charge in [0.15, 0.2) is 0 Å². The zero-order valence-electron chi connectivity index (χ0n) is 10.3. The quantitative estimate of drug-likeness (QED) is 0.486. The van der Waals surface area contributed by atoms with E-state index in [1.165, 1.54) is 6.07 Å². The van der Waals surface area contributed by atoms with Gasteiger partial charge in [0.05, 0.1) is 6.61 Å². The molecule has 0 atom stereocenters. The van der Waals surface area contributed by atoms with Gasteiger partial charge in [-0.05, 0) is 37.5 Å². The van der Waals surface area contributed by atoms with Crippen molar-refractivity contribution in [3.8, 4) is 5.75 Å². The maximum atomic E-state index is 11.0. The summed E-state index contributed by atoms with van der Waals surface area (Å²) < 4.78 is 5.43. The van der Waals surface area contributed by atoms with Crippen LogP contribution in [-0.2, 0) is 0 Å². The smallest absolute Gasteiger partial charge is 0.339 e. The van der Waals surface area contributed by atoms with Crippen LogP contribution >= 0.6 is 0 Å². The van der Waals surface area contributed by atoms with Crippen LogP contribution in [0.3, 0.4) is 0 Å². The largest absolute Gasteiger partial charge is 0.493 e. The highest BCUT2D eigenvalue weighted by Crippen LogP contribution is 2.21. The van der Waals surface area contributed by atoms with Crippen molar-refractivity contribution in [2.45, 2.75) is 25.7 Å². The number of anilines is 1. The topological polar surface area (TPSA) is 92.8 Å². The first-order valence-corrected chi connectivity index (χ1v) is 6.01. The van der Waals surface area contributed by atoms with Crippen LogP contribution in [0.2, 0.25) is 0 Å². The Bertz CT molecular complexity index is 393. The molecule has 1 aromatic carbocycles. The lowest BCUT2D eigenvalue weighted by molar-refractivity contribution is 0.0692. The van der Waals surface area contributed by atoms with Gasteiger partial charge in [0.25, 0.3) is 0 Å². The molecule has 0 heterocycles. The molecule has 0 radical (unpaired) electrons. The predicted molar refractivity (Wildman–Crippen MR) is 68.9 cm³/mol. The van der Waals surface area contributed by atoms with Gasteiger partial charge < -0.3 is 20.7 Å². The van der Waals surface area contributed by atoms with E-state index in [0.717, 1.165) is 25.7 Å². The fourth-order valence-electron chi connectivity index (χ4n) is 1.59. The van der Waals surface area contributed by atoms with Crippen LogP contribution in [0.4, 0.5) is 5.69 Å². The Balaban J connectivity index is 2.44. The van der Waals surface area contributed by atoms with E-state index in [1.54, 1.807) is 12.1 Å². The van der Waals surface area contributed by atoms with Crippen LogP contribution in [0.15, 0.2) is 18.2 Å². The summed E-state index contributed by atoms with van der Waals surface area (Å²) in [5, 5.41) is 17.6. The summed E-state index contributed by atoms with van der Waals surface area (Å²) in [6.07, 6.45) is 3.54. The van der Waals surface area contributed by atoms with Gasteiger partial charge in [-0.25, -0.2) is 4.79 Å². The first-order chi connectivity index (χ1) is 8.65. The molecule has 5 heteroatoms. The standard InChI is InChI=1S/C13H19NO4/c14-10-5-6-12(11(9-10)13(16)17)18-8-4-2-1-3-7-15/h5-6,9,15H,1-4,7-8,14H2,(H,16,17). The summed E-state index contributed by atoms with van der Waals surface area (Å²) in [4.78, 5) is 11.0. The molecule has 1 aromatic rings. The Morgan fingerprint density at radius 3 is 2.61 bits per heavy atom. The lowest BCUT2D eigenvalue weighted by atomic mass is 10.2. The predicted octanol–water partition coefficient (Wildman–Crippen LogP) is 1.90. The van der Waals surface area contributed by atoms with Crippen molar-refractivity contribution >= 4 is 11.7 Å². The van der Waals surface area contributed by atoms with E-state index in [0.29, 0.717) is 18.0 Å². The van der Waals surface area contributed by atoms with Crippen molar-refractivity contribution in [1.29, 1.82) is 0 Å². The van der Waals surface area contributed by atoms with Gasteiger partial charge in [0.1, 0.15) is 11.3 Å². The van der Waals surface area contributed by atoms with Gasteiger partial charge in [-0.1, -0.05) is 6.42 Å². The third kappa shape index (κ3) is 4.63. The minimum atomic E-state index is -1.04. The van der Waals surface area contributed by atoms with Crippen LogP contribution < -0.4 is 10.5 Å². The molecule has 0 unspecified atom stereocenters. The molecule has 4 N–H and O–H groups in total. The number of ether oxygens (including phenoxy) is 1. The molecule has 0 fully saturated rings. The average Bonchev–Trinajstić information content (AvgIpc) is 2.35. The van der Waals surface area contributed by atoms with Crippen molar-refractivity contribution in [3.63, 3.8) is 0 Å². The number of carbonyl (C=O) groups is 1. The summed E-state index contributed by atoms with van der Waals surface area (Å²) in [5.41, 5.74) is 6.03. The molecule has 5 nitrogen and oxygen atoms in total. The minimum Gasteiger partial charge on any atom is -0.493 e. The zero-order valence-corrected chi connectivity index (χ0v) is 10.3. The molecular formula is C13H19NO4. The number of nitrogens with two attached hydrogens (primary N) is 1. The Hall–Kier alpha value is -1.75. The third-order valence-electron chi connectivity index (χ3n) is 2.54. The molecular weight excluding hydrogens is 234 g/mol. The van der Waals surface area contributed by atoms with E-state index in [9.17, 15) is 4.79 Å². The second-order valence-electron chi connectivity index (χ2n) is 4.05. The third-order valence-corrected chi connectivity index (χ3v) is 2.54. The van der Waals surface area contributed by atoms with Gasteiger partial charge in [-0.2, -0.15) is 0 Å². The summed E-state index contributed by atoms with van der Waals surface area (Å²) >= 11 is 0. The summed E-state index contributed by atoms with van der Waals surface area (Å²) in [5.74, 6) is -0.698. The first kappa shape index (κ1) is 14.3. The Morgan fingerprint density at radius 2 is 1.94 bits per heavy atom. The number of hydrogen-bond donors (Lipinski definition) is 3. The molecule has 0 bridgehead atoms. The second kappa shape index (κ2) is 7.55. The van der Waals surface area contributed by atoms with Crippen molar-refractivity contribution in [1.82, 2.24) is 0 Å². The molecule has 100 valence electrons. The highest BCUT2D eigenvalue weighted by atomic mass is 16.5.